The van der Waals surface area contributed by atoms with Crippen molar-refractivity contribution in [2.45, 2.75) is 18.9 Å². The lowest BCUT2D eigenvalue weighted by Crippen LogP contribution is -2.28. The van der Waals surface area contributed by atoms with Crippen molar-refractivity contribution in [2.75, 3.05) is 5.73 Å². The fraction of sp³-hybridized carbons (Fsp3) is 0.167. The van der Waals surface area contributed by atoms with Gasteiger partial charge in [-0.2, -0.15) is 0 Å². The average molecular weight is 320 g/mol. The molecule has 6 nitrogen and oxygen atoms in total. The van der Waals surface area contributed by atoms with Crippen LogP contribution in [0.4, 0.5) is 5.82 Å². The molecule has 4 rings (SSSR count). The van der Waals surface area contributed by atoms with Gasteiger partial charge in [-0.1, -0.05) is 24.3 Å². The zero-order chi connectivity index (χ0) is 16.5. The van der Waals surface area contributed by atoms with Crippen LogP contribution < -0.4 is 11.1 Å². The number of anilines is 1. The van der Waals surface area contributed by atoms with Gasteiger partial charge in [-0.05, 0) is 36.1 Å². The van der Waals surface area contributed by atoms with Crippen LogP contribution in [0.25, 0.3) is 11.6 Å². The Morgan fingerprint density at radius 3 is 2.92 bits per heavy atom. The lowest BCUT2D eigenvalue weighted by molar-refractivity contribution is 0.0937. The number of aromatic nitrogens is 2. The number of amides is 1. The molecule has 0 saturated carbocycles. The molecule has 3 aromatic rings. The summed E-state index contributed by atoms with van der Waals surface area (Å²) in [5.74, 6) is 0.749. The molecule has 1 atom stereocenters. The largest absolute Gasteiger partial charge is 0.461 e. The Morgan fingerprint density at radius 2 is 2.12 bits per heavy atom. The molecule has 1 aliphatic rings. The van der Waals surface area contributed by atoms with E-state index in [9.17, 15) is 4.79 Å². The number of nitrogens with one attached hydrogen (secondary N) is 1. The fourth-order valence-corrected chi connectivity index (χ4v) is 3.04. The van der Waals surface area contributed by atoms with Crippen LogP contribution in [0, 0.1) is 0 Å². The molecule has 1 amide bonds. The second-order valence-corrected chi connectivity index (χ2v) is 5.73. The molecule has 0 aliphatic heterocycles. The Balaban J connectivity index is 1.55. The van der Waals surface area contributed by atoms with Crippen LogP contribution in [-0.2, 0) is 6.42 Å². The molecule has 0 saturated heterocycles. The monoisotopic (exact) mass is 320 g/mol. The Labute approximate surface area is 138 Å². The summed E-state index contributed by atoms with van der Waals surface area (Å²) in [5.41, 5.74) is 8.66. The summed E-state index contributed by atoms with van der Waals surface area (Å²) in [5, 5.41) is 3.02. The van der Waals surface area contributed by atoms with Crippen molar-refractivity contribution in [3.63, 3.8) is 0 Å². The molecule has 0 spiro atoms. The Hall–Kier alpha value is -3.15. The van der Waals surface area contributed by atoms with Crippen molar-refractivity contribution in [2.24, 2.45) is 0 Å². The molecule has 0 bridgehead atoms. The van der Waals surface area contributed by atoms with E-state index in [1.165, 1.54) is 18.0 Å². The molecule has 1 aromatic carbocycles. The SMILES string of the molecule is Nc1nc(-c2ccco2)ncc1C(=O)NC1CCc2ccccc21. The van der Waals surface area contributed by atoms with Gasteiger partial charge < -0.3 is 15.5 Å². The highest BCUT2D eigenvalue weighted by atomic mass is 16.3. The third-order valence-electron chi connectivity index (χ3n) is 4.24. The van der Waals surface area contributed by atoms with E-state index in [4.69, 9.17) is 10.2 Å². The Morgan fingerprint density at radius 1 is 1.25 bits per heavy atom. The van der Waals surface area contributed by atoms with Gasteiger partial charge in [-0.3, -0.25) is 4.79 Å². The molecule has 1 aliphatic carbocycles. The van der Waals surface area contributed by atoms with E-state index in [1.807, 2.05) is 18.2 Å². The smallest absolute Gasteiger partial charge is 0.257 e. The Kier molecular flexibility index (Phi) is 3.49. The van der Waals surface area contributed by atoms with Crippen molar-refractivity contribution in [1.29, 1.82) is 0 Å². The third kappa shape index (κ3) is 2.52. The maximum Gasteiger partial charge on any atom is 0.257 e. The molecule has 6 heteroatoms. The van der Waals surface area contributed by atoms with Crippen molar-refractivity contribution in [1.82, 2.24) is 15.3 Å². The van der Waals surface area contributed by atoms with E-state index in [0.717, 1.165) is 18.4 Å². The number of nitrogens with two attached hydrogens (primary N) is 1. The van der Waals surface area contributed by atoms with E-state index >= 15 is 0 Å². The van der Waals surface area contributed by atoms with Crippen LogP contribution in [0.2, 0.25) is 0 Å². The summed E-state index contributed by atoms with van der Waals surface area (Å²) >= 11 is 0. The second kappa shape index (κ2) is 5.81. The topological polar surface area (TPSA) is 94.0 Å². The number of nitrogen functional groups attached to an aromatic ring is 1. The molecule has 0 fully saturated rings. The first-order valence-electron chi connectivity index (χ1n) is 7.77. The molecule has 120 valence electrons. The van der Waals surface area contributed by atoms with E-state index in [1.54, 1.807) is 12.1 Å². The fourth-order valence-electron chi connectivity index (χ4n) is 3.04. The van der Waals surface area contributed by atoms with Crippen LogP contribution >= 0.6 is 0 Å². The van der Waals surface area contributed by atoms with Crippen LogP contribution in [-0.4, -0.2) is 15.9 Å². The number of hydrogen-bond donors (Lipinski definition) is 2. The van der Waals surface area contributed by atoms with Gasteiger partial charge in [0.05, 0.1) is 17.9 Å². The van der Waals surface area contributed by atoms with Gasteiger partial charge in [-0.25, -0.2) is 9.97 Å². The van der Waals surface area contributed by atoms with Gasteiger partial charge in [0, 0.05) is 6.20 Å². The zero-order valence-electron chi connectivity index (χ0n) is 12.9. The maximum atomic E-state index is 12.5. The normalized spacial score (nSPS) is 15.9. The number of fused-ring (bicyclic) bond motifs is 1. The predicted octanol–water partition coefficient (Wildman–Crippen LogP) is 2.74. The summed E-state index contributed by atoms with van der Waals surface area (Å²) in [6.07, 6.45) is 4.82. The molecule has 2 aromatic heterocycles. The number of aryl methyl sites for hydroxylation is 1. The van der Waals surface area contributed by atoms with E-state index in [-0.39, 0.29) is 23.3 Å². The number of benzene rings is 1. The van der Waals surface area contributed by atoms with Crippen molar-refractivity contribution in [3.8, 4) is 11.6 Å². The lowest BCUT2D eigenvalue weighted by Gasteiger charge is -2.14. The highest BCUT2D eigenvalue weighted by molar-refractivity contribution is 5.98. The molecular formula is C18H16N4O2. The minimum absolute atomic E-state index is 0.00199. The minimum atomic E-state index is -0.264. The number of furan rings is 1. The summed E-state index contributed by atoms with van der Waals surface area (Å²) in [7, 11) is 0. The van der Waals surface area contributed by atoms with Crippen molar-refractivity contribution in [3.05, 3.63) is 65.5 Å². The van der Waals surface area contributed by atoms with Gasteiger partial charge in [-0.15, -0.1) is 0 Å². The van der Waals surface area contributed by atoms with Gasteiger partial charge in [0.25, 0.3) is 5.91 Å². The molecule has 1 unspecified atom stereocenters. The van der Waals surface area contributed by atoms with Crippen LogP contribution in [0.1, 0.15) is 33.9 Å². The van der Waals surface area contributed by atoms with Gasteiger partial charge in [0.2, 0.25) is 0 Å². The van der Waals surface area contributed by atoms with E-state index < -0.39 is 0 Å². The molecule has 0 radical (unpaired) electrons. The first kappa shape index (κ1) is 14.4. The summed E-state index contributed by atoms with van der Waals surface area (Å²) in [4.78, 5) is 20.9. The maximum absolute atomic E-state index is 12.5. The number of hydrogen-bond acceptors (Lipinski definition) is 5. The summed E-state index contributed by atoms with van der Waals surface area (Å²) < 4.78 is 5.24. The Bertz CT molecular complexity index is 890. The minimum Gasteiger partial charge on any atom is -0.461 e. The highest BCUT2D eigenvalue weighted by Crippen LogP contribution is 2.31. The zero-order valence-corrected chi connectivity index (χ0v) is 12.9. The number of nitrogens with zero attached hydrogens (tertiary/aromatic N) is 2. The second-order valence-electron chi connectivity index (χ2n) is 5.73. The van der Waals surface area contributed by atoms with Crippen molar-refractivity contribution < 1.29 is 9.21 Å². The van der Waals surface area contributed by atoms with Gasteiger partial charge in [0.1, 0.15) is 5.82 Å². The summed E-state index contributed by atoms with van der Waals surface area (Å²) in [6.45, 7) is 0. The van der Waals surface area contributed by atoms with Crippen molar-refractivity contribution >= 4 is 11.7 Å². The molecular weight excluding hydrogens is 304 g/mol. The van der Waals surface area contributed by atoms with Gasteiger partial charge in [0.15, 0.2) is 11.6 Å². The van der Waals surface area contributed by atoms with Crippen LogP contribution in [0.5, 0.6) is 0 Å². The van der Waals surface area contributed by atoms with Crippen LogP contribution in [0.3, 0.4) is 0 Å². The standard InChI is InChI=1S/C18H16N4O2/c19-16-13(10-20-17(22-16)15-6-3-9-24-15)18(23)21-14-8-7-11-4-1-2-5-12(11)14/h1-6,9-10,14H,7-8H2,(H,21,23)(H2,19,20,22). The number of rotatable bonds is 3. The number of carbonyl (C=O) groups is 1. The predicted molar refractivity (Wildman–Crippen MR) is 89.1 cm³/mol. The molecule has 24 heavy (non-hydrogen) atoms. The highest BCUT2D eigenvalue weighted by Gasteiger charge is 2.25. The molecule has 2 heterocycles. The molecule has 3 N–H and O–H groups in total. The number of carbonyl (C=O) groups excluding carboxylic acids is 1. The van der Waals surface area contributed by atoms with Gasteiger partial charge >= 0.3 is 0 Å². The first-order chi connectivity index (χ1) is 11.7. The first-order valence-corrected chi connectivity index (χ1v) is 7.77. The van der Waals surface area contributed by atoms with Crippen LogP contribution in [0.15, 0.2) is 53.3 Å². The average Bonchev–Trinajstić information content (AvgIpc) is 3.25. The lowest BCUT2D eigenvalue weighted by atomic mass is 10.1. The van der Waals surface area contributed by atoms with E-state index in [0.29, 0.717) is 11.6 Å². The third-order valence-corrected chi connectivity index (χ3v) is 4.24. The summed E-state index contributed by atoms with van der Waals surface area (Å²) in [6, 6.07) is 11.6. The van der Waals surface area contributed by atoms with E-state index in [2.05, 4.69) is 21.4 Å². The quantitative estimate of drug-likeness (QED) is 0.774.